The largest absolute Gasteiger partial charge is 0.462 e. The molecule has 140 valence electrons. The summed E-state index contributed by atoms with van der Waals surface area (Å²) < 4.78 is 12.5. The number of epoxide rings is 1. The Morgan fingerprint density at radius 2 is 2.08 bits per heavy atom. The SMILES string of the molecule is CC1CCCN(CC2C(=O)OC3CC4(C)CCCC(C)C45OC5C32)C1. The fourth-order valence-corrected chi connectivity index (χ4v) is 7.17. The number of hydrogen-bond acceptors (Lipinski definition) is 4. The highest BCUT2D eigenvalue weighted by Crippen LogP contribution is 2.70. The average molecular weight is 347 g/mol. The fourth-order valence-electron chi connectivity index (χ4n) is 7.17. The van der Waals surface area contributed by atoms with E-state index in [1.54, 1.807) is 0 Å². The summed E-state index contributed by atoms with van der Waals surface area (Å²) in [4.78, 5) is 15.3. The quantitative estimate of drug-likeness (QED) is 0.568. The summed E-state index contributed by atoms with van der Waals surface area (Å²) in [5.41, 5.74) is 0.235. The van der Waals surface area contributed by atoms with Gasteiger partial charge in [-0.25, -0.2) is 0 Å². The van der Waals surface area contributed by atoms with Crippen LogP contribution < -0.4 is 0 Å². The van der Waals surface area contributed by atoms with E-state index in [9.17, 15) is 4.79 Å². The molecule has 8 unspecified atom stereocenters. The van der Waals surface area contributed by atoms with Gasteiger partial charge in [-0.2, -0.15) is 0 Å². The third-order valence-corrected chi connectivity index (χ3v) is 8.39. The number of esters is 1. The number of ether oxygens (including phenoxy) is 2. The van der Waals surface area contributed by atoms with Gasteiger partial charge >= 0.3 is 5.97 Å². The molecule has 0 radical (unpaired) electrons. The maximum absolute atomic E-state index is 12.7. The first-order valence-corrected chi connectivity index (χ1v) is 10.6. The van der Waals surface area contributed by atoms with Gasteiger partial charge in [0.1, 0.15) is 11.7 Å². The molecule has 5 aliphatic rings. The van der Waals surface area contributed by atoms with Crippen molar-refractivity contribution in [1.29, 1.82) is 0 Å². The van der Waals surface area contributed by atoms with Crippen LogP contribution in [-0.4, -0.2) is 48.3 Å². The molecule has 3 saturated heterocycles. The topological polar surface area (TPSA) is 42.1 Å². The van der Waals surface area contributed by atoms with E-state index in [2.05, 4.69) is 25.7 Å². The molecule has 2 saturated carbocycles. The fraction of sp³-hybridized carbons (Fsp3) is 0.952. The Labute approximate surface area is 151 Å². The molecule has 0 amide bonds. The van der Waals surface area contributed by atoms with Crippen molar-refractivity contribution < 1.29 is 14.3 Å². The molecule has 4 nitrogen and oxygen atoms in total. The van der Waals surface area contributed by atoms with E-state index >= 15 is 0 Å². The number of nitrogens with zero attached hydrogens (tertiary/aromatic N) is 1. The maximum Gasteiger partial charge on any atom is 0.311 e. The van der Waals surface area contributed by atoms with Crippen LogP contribution in [0, 0.1) is 29.1 Å². The minimum absolute atomic E-state index is 0.0263. The molecule has 0 aromatic heterocycles. The highest BCUT2D eigenvalue weighted by atomic mass is 16.6. The molecule has 8 atom stereocenters. The lowest BCUT2D eigenvalue weighted by molar-refractivity contribution is -0.146. The van der Waals surface area contributed by atoms with Gasteiger partial charge in [-0.3, -0.25) is 4.79 Å². The molecule has 0 N–H and O–H groups in total. The van der Waals surface area contributed by atoms with Crippen LogP contribution in [0.15, 0.2) is 0 Å². The van der Waals surface area contributed by atoms with E-state index in [1.807, 2.05) is 0 Å². The minimum Gasteiger partial charge on any atom is -0.462 e. The zero-order valence-corrected chi connectivity index (χ0v) is 16.0. The molecule has 0 aromatic carbocycles. The summed E-state index contributed by atoms with van der Waals surface area (Å²) in [6.07, 6.45) is 7.72. The minimum atomic E-state index is 0.0263. The number of hydrogen-bond donors (Lipinski definition) is 0. The maximum atomic E-state index is 12.7. The predicted molar refractivity (Wildman–Crippen MR) is 95.0 cm³/mol. The second-order valence-corrected chi connectivity index (χ2v) is 10.1. The third-order valence-electron chi connectivity index (χ3n) is 8.39. The highest BCUT2D eigenvalue weighted by Gasteiger charge is 2.78. The van der Waals surface area contributed by atoms with Gasteiger partial charge in [0, 0.05) is 24.4 Å². The van der Waals surface area contributed by atoms with Gasteiger partial charge in [-0.15, -0.1) is 0 Å². The van der Waals surface area contributed by atoms with Crippen LogP contribution in [0.4, 0.5) is 0 Å². The lowest BCUT2D eigenvalue weighted by atomic mass is 9.53. The van der Waals surface area contributed by atoms with Gasteiger partial charge in [0.15, 0.2) is 0 Å². The number of rotatable bonds is 2. The lowest BCUT2D eigenvalue weighted by Gasteiger charge is -2.49. The van der Waals surface area contributed by atoms with Crippen molar-refractivity contribution in [3.63, 3.8) is 0 Å². The van der Waals surface area contributed by atoms with Crippen molar-refractivity contribution in [1.82, 2.24) is 4.90 Å². The van der Waals surface area contributed by atoms with E-state index in [4.69, 9.17) is 9.47 Å². The van der Waals surface area contributed by atoms with Crippen molar-refractivity contribution in [3.8, 4) is 0 Å². The normalized spacial score (nSPS) is 55.1. The first-order chi connectivity index (χ1) is 11.9. The van der Waals surface area contributed by atoms with E-state index < -0.39 is 0 Å². The van der Waals surface area contributed by atoms with Crippen molar-refractivity contribution in [2.24, 2.45) is 29.1 Å². The van der Waals surface area contributed by atoms with E-state index in [0.717, 1.165) is 32.0 Å². The zero-order valence-electron chi connectivity index (χ0n) is 16.0. The zero-order chi connectivity index (χ0) is 17.4. The number of piperidine rings is 1. The second-order valence-electron chi connectivity index (χ2n) is 10.1. The number of likely N-dealkylation sites (tertiary alicyclic amines) is 1. The summed E-state index contributed by atoms with van der Waals surface area (Å²) in [5.74, 6) is 1.73. The Bertz CT molecular complexity index is 579. The van der Waals surface area contributed by atoms with Gasteiger partial charge in [0.25, 0.3) is 0 Å². The second kappa shape index (κ2) is 5.45. The molecule has 5 fully saturated rings. The van der Waals surface area contributed by atoms with Crippen LogP contribution in [-0.2, 0) is 14.3 Å². The smallest absolute Gasteiger partial charge is 0.311 e. The van der Waals surface area contributed by atoms with Gasteiger partial charge < -0.3 is 14.4 Å². The third kappa shape index (κ3) is 2.22. The van der Waals surface area contributed by atoms with Crippen LogP contribution in [0.3, 0.4) is 0 Å². The molecular weight excluding hydrogens is 314 g/mol. The summed E-state index contributed by atoms with van der Waals surface area (Å²) in [5, 5.41) is 0. The van der Waals surface area contributed by atoms with Crippen LogP contribution >= 0.6 is 0 Å². The van der Waals surface area contributed by atoms with E-state index in [-0.39, 0.29) is 35.1 Å². The molecule has 4 heteroatoms. The van der Waals surface area contributed by atoms with Crippen LogP contribution in [0.2, 0.25) is 0 Å². The van der Waals surface area contributed by atoms with Crippen molar-refractivity contribution in [2.75, 3.05) is 19.6 Å². The van der Waals surface area contributed by atoms with E-state index in [0.29, 0.717) is 11.8 Å². The Hall–Kier alpha value is -0.610. The number of carbonyl (C=O) groups excluding carboxylic acids is 1. The number of fused-ring (bicyclic) bond motifs is 2. The Morgan fingerprint density at radius 3 is 2.88 bits per heavy atom. The molecule has 3 heterocycles. The summed E-state index contributed by atoms with van der Waals surface area (Å²) in [6, 6.07) is 0. The van der Waals surface area contributed by atoms with Gasteiger partial charge in [-0.05, 0) is 50.5 Å². The molecule has 1 spiro atoms. The van der Waals surface area contributed by atoms with Gasteiger partial charge in [0.2, 0.25) is 0 Å². The standard InChI is InChI=1S/C21H33NO3/c1-13-6-5-9-22(11-13)12-15-17-16(24-19(15)23)10-20(3)8-4-7-14(2)21(20)18(17)25-21/h13-18H,4-12H2,1-3H3. The first-order valence-electron chi connectivity index (χ1n) is 10.6. The molecule has 0 bridgehead atoms. The molecule has 25 heavy (non-hydrogen) atoms. The van der Waals surface area contributed by atoms with E-state index in [1.165, 1.54) is 32.1 Å². The van der Waals surface area contributed by atoms with Crippen molar-refractivity contribution in [2.45, 2.75) is 77.1 Å². The van der Waals surface area contributed by atoms with Crippen LogP contribution in [0.25, 0.3) is 0 Å². The summed E-state index contributed by atoms with van der Waals surface area (Å²) in [7, 11) is 0. The summed E-state index contributed by atoms with van der Waals surface area (Å²) in [6.45, 7) is 10.2. The van der Waals surface area contributed by atoms with Crippen molar-refractivity contribution >= 4 is 5.97 Å². The van der Waals surface area contributed by atoms with Gasteiger partial charge in [-0.1, -0.05) is 27.2 Å². The first kappa shape index (κ1) is 16.6. The monoisotopic (exact) mass is 347 g/mol. The summed E-state index contributed by atoms with van der Waals surface area (Å²) >= 11 is 0. The predicted octanol–water partition coefficient (Wildman–Crippen LogP) is 3.24. The Kier molecular flexibility index (Phi) is 3.61. The molecule has 0 aromatic rings. The average Bonchev–Trinajstić information content (AvgIpc) is 3.23. The van der Waals surface area contributed by atoms with Gasteiger partial charge in [0.05, 0.1) is 12.0 Å². The molecule has 2 aliphatic carbocycles. The Morgan fingerprint density at radius 1 is 1.24 bits per heavy atom. The number of carbonyl (C=O) groups is 1. The Balaban J connectivity index is 1.39. The van der Waals surface area contributed by atoms with Crippen LogP contribution in [0.1, 0.15) is 59.3 Å². The molecule has 5 rings (SSSR count). The lowest BCUT2D eigenvalue weighted by Crippen LogP contribution is -2.54. The van der Waals surface area contributed by atoms with Crippen LogP contribution in [0.5, 0.6) is 0 Å². The highest BCUT2D eigenvalue weighted by molar-refractivity contribution is 5.76. The van der Waals surface area contributed by atoms with Crippen molar-refractivity contribution in [3.05, 3.63) is 0 Å². The molecule has 3 aliphatic heterocycles. The molecular formula is C21H33NO3.